The second kappa shape index (κ2) is 10.5. The molecule has 1 aliphatic heterocycles. The lowest BCUT2D eigenvalue weighted by Gasteiger charge is -2.26. The van der Waals surface area contributed by atoms with Gasteiger partial charge in [-0.25, -0.2) is 18.1 Å². The van der Waals surface area contributed by atoms with Gasteiger partial charge in [0, 0.05) is 12.2 Å². The minimum absolute atomic E-state index is 0.0981. The van der Waals surface area contributed by atoms with E-state index in [2.05, 4.69) is 42.4 Å². The fourth-order valence-corrected chi connectivity index (χ4v) is 4.78. The molecule has 2 heterocycles. The highest BCUT2D eigenvalue weighted by molar-refractivity contribution is 7.89. The Morgan fingerprint density at radius 1 is 1.00 bits per heavy atom. The van der Waals surface area contributed by atoms with Crippen molar-refractivity contribution < 1.29 is 8.42 Å². The van der Waals surface area contributed by atoms with E-state index in [1.165, 1.54) is 44.1 Å². The van der Waals surface area contributed by atoms with Gasteiger partial charge in [0.25, 0.3) is 0 Å². The smallest absolute Gasteiger partial charge is 0.242 e. The van der Waals surface area contributed by atoms with Crippen molar-refractivity contribution >= 4 is 44.8 Å². The van der Waals surface area contributed by atoms with Crippen molar-refractivity contribution in [2.24, 2.45) is 0 Å². The molecular weight excluding hydrogens is 460 g/mol. The third-order valence-electron chi connectivity index (χ3n) is 5.51. The van der Waals surface area contributed by atoms with Crippen molar-refractivity contribution in [3.63, 3.8) is 0 Å². The van der Waals surface area contributed by atoms with Gasteiger partial charge in [-0.3, -0.25) is 4.90 Å². The van der Waals surface area contributed by atoms with Crippen molar-refractivity contribution in [1.82, 2.24) is 19.6 Å². The maximum Gasteiger partial charge on any atom is 0.242 e. The van der Waals surface area contributed by atoms with Gasteiger partial charge in [0.1, 0.15) is 9.92 Å². The summed E-state index contributed by atoms with van der Waals surface area (Å²) >= 11 is 6.28. The number of rotatable bonds is 8. The molecule has 33 heavy (non-hydrogen) atoms. The van der Waals surface area contributed by atoms with Crippen molar-refractivity contribution in [2.45, 2.75) is 30.7 Å². The van der Waals surface area contributed by atoms with E-state index in [0.29, 0.717) is 17.5 Å². The highest BCUT2D eigenvalue weighted by Crippen LogP contribution is 2.28. The van der Waals surface area contributed by atoms with Crippen LogP contribution < -0.4 is 15.4 Å². The number of para-hydroxylation sites is 1. The van der Waals surface area contributed by atoms with Gasteiger partial charge < -0.3 is 10.6 Å². The summed E-state index contributed by atoms with van der Waals surface area (Å²) in [6.07, 6.45) is 5.35. The van der Waals surface area contributed by atoms with Gasteiger partial charge in [0.05, 0.1) is 11.9 Å². The fraction of sp³-hybridized carbons (Fsp3) is 0.304. The van der Waals surface area contributed by atoms with Gasteiger partial charge in [-0.15, -0.1) is 0 Å². The number of nitrogens with zero attached hydrogens (tertiary/aromatic N) is 3. The predicted octanol–water partition coefficient (Wildman–Crippen LogP) is 4.51. The monoisotopic (exact) mass is 486 g/mol. The van der Waals surface area contributed by atoms with E-state index in [0.717, 1.165) is 25.3 Å². The van der Waals surface area contributed by atoms with Crippen LogP contribution in [0.1, 0.15) is 24.8 Å². The van der Waals surface area contributed by atoms with Crippen LogP contribution in [0.3, 0.4) is 0 Å². The van der Waals surface area contributed by atoms with E-state index >= 15 is 0 Å². The Hall–Kier alpha value is -2.72. The zero-order chi connectivity index (χ0) is 23.3. The average molecular weight is 487 g/mol. The van der Waals surface area contributed by atoms with Gasteiger partial charge in [-0.2, -0.15) is 4.98 Å². The minimum atomic E-state index is -3.65. The lowest BCUT2D eigenvalue weighted by atomic mass is 10.1. The van der Waals surface area contributed by atoms with Crippen LogP contribution in [-0.4, -0.2) is 43.4 Å². The number of hydrogen-bond acceptors (Lipinski definition) is 7. The first kappa shape index (κ1) is 23.4. The number of nitrogens with one attached hydrogen (secondary N) is 3. The molecule has 0 unspecified atom stereocenters. The fourth-order valence-electron chi connectivity index (χ4n) is 3.76. The molecule has 2 aromatic carbocycles. The molecule has 8 nitrogen and oxygen atoms in total. The Kier molecular flexibility index (Phi) is 7.44. The molecule has 0 radical (unpaired) electrons. The van der Waals surface area contributed by atoms with E-state index in [1.807, 2.05) is 12.1 Å². The van der Waals surface area contributed by atoms with Crippen LogP contribution in [0.25, 0.3) is 0 Å². The first-order valence-corrected chi connectivity index (χ1v) is 12.7. The van der Waals surface area contributed by atoms with Gasteiger partial charge in [-0.1, -0.05) is 42.3 Å². The topological polar surface area (TPSA) is 99.2 Å². The van der Waals surface area contributed by atoms with E-state index in [9.17, 15) is 8.42 Å². The maximum atomic E-state index is 12.3. The van der Waals surface area contributed by atoms with Gasteiger partial charge in [0.2, 0.25) is 16.0 Å². The number of likely N-dealkylation sites (tertiary alicyclic amines) is 1. The molecule has 174 valence electrons. The van der Waals surface area contributed by atoms with Crippen LogP contribution >= 0.6 is 11.6 Å². The SMILES string of the molecule is CNS(=O)(=O)c1ccccc1Nc1nc(Nc2ccc(CN3CCCCC3)cc2)ncc1Cl. The number of sulfonamides is 1. The van der Waals surface area contributed by atoms with E-state index in [1.54, 1.807) is 18.2 Å². The van der Waals surface area contributed by atoms with Crippen LogP contribution in [0.5, 0.6) is 0 Å². The lowest BCUT2D eigenvalue weighted by molar-refractivity contribution is 0.221. The zero-order valence-corrected chi connectivity index (χ0v) is 20.0. The minimum Gasteiger partial charge on any atom is -0.338 e. The summed E-state index contributed by atoms with van der Waals surface area (Å²) in [6.45, 7) is 3.28. The highest BCUT2D eigenvalue weighted by Gasteiger charge is 2.17. The van der Waals surface area contributed by atoms with Crippen LogP contribution in [0, 0.1) is 0 Å². The maximum absolute atomic E-state index is 12.3. The third kappa shape index (κ3) is 6.00. The van der Waals surface area contributed by atoms with Crippen molar-refractivity contribution in [3.05, 3.63) is 65.3 Å². The van der Waals surface area contributed by atoms with Crippen molar-refractivity contribution in [1.29, 1.82) is 0 Å². The number of anilines is 4. The molecule has 0 amide bonds. The first-order valence-electron chi connectivity index (χ1n) is 10.8. The van der Waals surface area contributed by atoms with Crippen LogP contribution in [0.15, 0.2) is 59.6 Å². The van der Waals surface area contributed by atoms with E-state index < -0.39 is 10.0 Å². The Morgan fingerprint density at radius 3 is 2.45 bits per heavy atom. The summed E-state index contributed by atoms with van der Waals surface area (Å²) in [5.41, 5.74) is 2.48. The molecule has 1 aliphatic rings. The molecule has 1 fully saturated rings. The number of benzene rings is 2. The van der Waals surface area contributed by atoms with E-state index in [4.69, 9.17) is 11.6 Å². The van der Waals surface area contributed by atoms with Crippen molar-refractivity contribution in [3.8, 4) is 0 Å². The van der Waals surface area contributed by atoms with Gasteiger partial charge in [-0.05, 0) is 62.8 Å². The first-order chi connectivity index (χ1) is 15.9. The molecule has 1 aromatic heterocycles. The molecule has 0 atom stereocenters. The Morgan fingerprint density at radius 2 is 1.73 bits per heavy atom. The standard InChI is InChI=1S/C23H27ClN6O2S/c1-25-33(31,32)21-8-4-3-7-20(21)28-22-19(24)15-26-23(29-22)27-18-11-9-17(10-12-18)16-30-13-5-2-6-14-30/h3-4,7-12,15,25H,2,5-6,13-14,16H2,1H3,(H2,26,27,28,29). The quantitative estimate of drug-likeness (QED) is 0.430. The molecule has 3 N–H and O–H groups in total. The van der Waals surface area contributed by atoms with Crippen LogP contribution in [0.2, 0.25) is 5.02 Å². The summed E-state index contributed by atoms with van der Waals surface area (Å²) in [5, 5.41) is 6.47. The molecular formula is C23H27ClN6O2S. The molecule has 0 bridgehead atoms. The largest absolute Gasteiger partial charge is 0.338 e. The lowest BCUT2D eigenvalue weighted by Crippen LogP contribution is -2.29. The zero-order valence-electron chi connectivity index (χ0n) is 18.4. The summed E-state index contributed by atoms with van der Waals surface area (Å²) in [5.74, 6) is 0.647. The molecule has 0 aliphatic carbocycles. The predicted molar refractivity (Wildman–Crippen MR) is 132 cm³/mol. The molecule has 1 saturated heterocycles. The Bertz CT molecular complexity index is 1200. The van der Waals surface area contributed by atoms with E-state index in [-0.39, 0.29) is 9.92 Å². The number of aromatic nitrogens is 2. The summed E-state index contributed by atoms with van der Waals surface area (Å²) in [4.78, 5) is 11.3. The summed E-state index contributed by atoms with van der Waals surface area (Å²) in [6, 6.07) is 14.7. The van der Waals surface area contributed by atoms with Gasteiger partial charge in [0.15, 0.2) is 5.82 Å². The Labute approximate surface area is 199 Å². The molecule has 3 aromatic rings. The number of hydrogen-bond donors (Lipinski definition) is 3. The highest BCUT2D eigenvalue weighted by atomic mass is 35.5. The second-order valence-electron chi connectivity index (χ2n) is 7.88. The normalized spacial score (nSPS) is 14.7. The second-order valence-corrected chi connectivity index (χ2v) is 10.1. The molecule has 4 rings (SSSR count). The van der Waals surface area contributed by atoms with Crippen LogP contribution in [-0.2, 0) is 16.6 Å². The van der Waals surface area contributed by atoms with Crippen molar-refractivity contribution in [2.75, 3.05) is 30.8 Å². The number of halogens is 1. The summed E-state index contributed by atoms with van der Waals surface area (Å²) < 4.78 is 27.0. The molecule has 0 saturated carbocycles. The van der Waals surface area contributed by atoms with Gasteiger partial charge >= 0.3 is 0 Å². The summed E-state index contributed by atoms with van der Waals surface area (Å²) in [7, 11) is -2.29. The third-order valence-corrected chi connectivity index (χ3v) is 7.26. The number of piperidine rings is 1. The molecule has 10 heteroatoms. The molecule has 0 spiro atoms. The van der Waals surface area contributed by atoms with Crippen LogP contribution in [0.4, 0.5) is 23.1 Å². The Balaban J connectivity index is 1.48. The average Bonchev–Trinajstić information content (AvgIpc) is 2.83.